The number of nitrogens with one attached hydrogen (secondary N) is 1. The van der Waals surface area contributed by atoms with E-state index >= 15 is 8.78 Å². The molecular formula is C25H22ClF2N3O4. The molecule has 0 saturated carbocycles. The van der Waals surface area contributed by atoms with Crippen LogP contribution in [0.5, 0.6) is 5.75 Å². The van der Waals surface area contributed by atoms with Gasteiger partial charge in [0.15, 0.2) is 0 Å². The number of hydrogen-bond acceptors (Lipinski definition) is 4. The number of aromatic nitrogens is 1. The van der Waals surface area contributed by atoms with Crippen LogP contribution in [0.1, 0.15) is 21.8 Å². The van der Waals surface area contributed by atoms with Crippen LogP contribution in [0.4, 0.5) is 14.5 Å². The zero-order valence-electron chi connectivity index (χ0n) is 18.9. The molecule has 35 heavy (non-hydrogen) atoms. The molecular weight excluding hydrogens is 480 g/mol. The van der Waals surface area contributed by atoms with Gasteiger partial charge in [-0.1, -0.05) is 11.6 Å². The molecule has 1 fully saturated rings. The van der Waals surface area contributed by atoms with E-state index in [9.17, 15) is 14.4 Å². The normalized spacial score (nSPS) is 17.5. The lowest BCUT2D eigenvalue weighted by atomic mass is 9.87. The summed E-state index contributed by atoms with van der Waals surface area (Å²) in [6.07, 6.45) is 1.54. The van der Waals surface area contributed by atoms with Crippen molar-refractivity contribution < 1.29 is 23.1 Å². The Bertz CT molecular complexity index is 1320. The Labute approximate surface area is 204 Å². The molecule has 2 amide bonds. The number of amides is 2. The molecule has 1 aromatic heterocycles. The molecule has 0 radical (unpaired) electrons. The summed E-state index contributed by atoms with van der Waals surface area (Å²) in [6, 6.07) is 11.3. The fraction of sp³-hybridized carbons (Fsp3) is 0.240. The molecule has 0 spiro atoms. The van der Waals surface area contributed by atoms with E-state index in [4.69, 9.17) is 16.3 Å². The van der Waals surface area contributed by atoms with Gasteiger partial charge in [-0.05, 0) is 36.4 Å². The van der Waals surface area contributed by atoms with Gasteiger partial charge in [0, 0.05) is 60.5 Å². The van der Waals surface area contributed by atoms with Crippen molar-refractivity contribution in [3.8, 4) is 5.75 Å². The van der Waals surface area contributed by atoms with Crippen molar-refractivity contribution >= 4 is 29.1 Å². The molecule has 2 atom stereocenters. The Morgan fingerprint density at radius 2 is 1.80 bits per heavy atom. The van der Waals surface area contributed by atoms with Crippen molar-refractivity contribution in [3.63, 3.8) is 0 Å². The molecule has 0 bridgehead atoms. The molecule has 1 aliphatic rings. The second-order valence-electron chi connectivity index (χ2n) is 8.19. The first-order chi connectivity index (χ1) is 16.7. The summed E-state index contributed by atoms with van der Waals surface area (Å²) in [5.74, 6) is -4.75. The van der Waals surface area contributed by atoms with E-state index in [1.807, 2.05) is 0 Å². The number of halogens is 3. The minimum Gasteiger partial charge on any atom is -0.497 e. The zero-order valence-corrected chi connectivity index (χ0v) is 19.7. The van der Waals surface area contributed by atoms with Gasteiger partial charge in [0.2, 0.25) is 5.91 Å². The second-order valence-corrected chi connectivity index (χ2v) is 8.63. The second kappa shape index (κ2) is 9.87. The molecule has 1 aliphatic heterocycles. The van der Waals surface area contributed by atoms with E-state index in [1.54, 1.807) is 18.2 Å². The Balaban J connectivity index is 1.69. The van der Waals surface area contributed by atoms with Gasteiger partial charge in [0.05, 0.1) is 13.0 Å². The summed E-state index contributed by atoms with van der Waals surface area (Å²) >= 11 is 5.86. The Hall–Kier alpha value is -3.72. The summed E-state index contributed by atoms with van der Waals surface area (Å²) in [4.78, 5) is 40.0. The lowest BCUT2D eigenvalue weighted by Crippen LogP contribution is -2.37. The van der Waals surface area contributed by atoms with E-state index in [0.29, 0.717) is 10.6 Å². The van der Waals surface area contributed by atoms with Gasteiger partial charge < -0.3 is 19.5 Å². The van der Waals surface area contributed by atoms with Crippen LogP contribution in [-0.4, -0.2) is 36.6 Å². The van der Waals surface area contributed by atoms with Crippen LogP contribution in [0.3, 0.4) is 0 Å². The van der Waals surface area contributed by atoms with Crippen LogP contribution in [0, 0.1) is 17.6 Å². The molecule has 7 nitrogen and oxygen atoms in total. The highest BCUT2D eigenvalue weighted by atomic mass is 35.5. The molecule has 1 N–H and O–H groups in total. The molecule has 0 aliphatic carbocycles. The van der Waals surface area contributed by atoms with Crippen molar-refractivity contribution in [2.75, 3.05) is 25.1 Å². The Morgan fingerprint density at radius 1 is 1.14 bits per heavy atom. The van der Waals surface area contributed by atoms with Crippen molar-refractivity contribution in [1.82, 2.24) is 9.88 Å². The number of pyridine rings is 1. The molecule has 4 rings (SSSR count). The molecule has 182 valence electrons. The van der Waals surface area contributed by atoms with Gasteiger partial charge in [0.1, 0.15) is 23.1 Å². The van der Waals surface area contributed by atoms with Crippen molar-refractivity contribution in [2.24, 2.45) is 13.0 Å². The van der Waals surface area contributed by atoms with E-state index in [1.165, 1.54) is 48.0 Å². The fourth-order valence-electron chi connectivity index (χ4n) is 4.25. The number of carbonyl (C=O) groups is 2. The van der Waals surface area contributed by atoms with Gasteiger partial charge in [-0.15, -0.1) is 0 Å². The van der Waals surface area contributed by atoms with Crippen molar-refractivity contribution in [1.29, 1.82) is 0 Å². The maximum absolute atomic E-state index is 15.0. The van der Waals surface area contributed by atoms with Crippen LogP contribution in [-0.2, 0) is 11.8 Å². The number of nitrogens with zero attached hydrogens (tertiary/aromatic N) is 2. The average molecular weight is 502 g/mol. The summed E-state index contributed by atoms with van der Waals surface area (Å²) in [5.41, 5.74) is -0.334. The van der Waals surface area contributed by atoms with Gasteiger partial charge in [0.25, 0.3) is 11.5 Å². The Morgan fingerprint density at radius 3 is 2.43 bits per heavy atom. The zero-order chi connectivity index (χ0) is 25.3. The highest BCUT2D eigenvalue weighted by Crippen LogP contribution is 2.39. The molecule has 2 heterocycles. The number of benzene rings is 2. The third kappa shape index (κ3) is 4.77. The third-order valence-corrected chi connectivity index (χ3v) is 6.34. The van der Waals surface area contributed by atoms with Crippen molar-refractivity contribution in [3.05, 3.63) is 92.9 Å². The predicted molar refractivity (Wildman–Crippen MR) is 127 cm³/mol. The predicted octanol–water partition coefficient (Wildman–Crippen LogP) is 3.50. The molecule has 1 unspecified atom stereocenters. The molecule has 2 aromatic carbocycles. The van der Waals surface area contributed by atoms with E-state index in [2.05, 4.69) is 5.32 Å². The fourth-order valence-corrected chi connectivity index (χ4v) is 4.38. The van der Waals surface area contributed by atoms with Gasteiger partial charge in [-0.25, -0.2) is 8.78 Å². The Kier molecular flexibility index (Phi) is 6.88. The first kappa shape index (κ1) is 24.4. The standard InChI is InChI=1S/C25H22ClF2N3O4/c1-30-9-3-4-21(25(30)34)31-13-18(22-19(27)10-16(35-2)11-20(22)28)17(24(31)33)12-29-23(32)14-5-7-15(26)8-6-14/h3-11,17-18H,12-13H2,1-2H3,(H,29,32)/t17?,18-/m1/s1. The maximum atomic E-state index is 15.0. The van der Waals surface area contributed by atoms with Gasteiger partial charge in [-0.2, -0.15) is 0 Å². The highest BCUT2D eigenvalue weighted by molar-refractivity contribution is 6.30. The average Bonchev–Trinajstić information content (AvgIpc) is 3.14. The number of hydrogen-bond donors (Lipinski definition) is 1. The topological polar surface area (TPSA) is 80.6 Å². The maximum Gasteiger partial charge on any atom is 0.274 e. The molecule has 1 saturated heterocycles. The van der Waals surface area contributed by atoms with E-state index in [-0.39, 0.29) is 30.1 Å². The van der Waals surface area contributed by atoms with Gasteiger partial charge in [-0.3, -0.25) is 14.4 Å². The van der Waals surface area contributed by atoms with Crippen LogP contribution in [0.15, 0.2) is 59.5 Å². The van der Waals surface area contributed by atoms with Crippen LogP contribution >= 0.6 is 11.6 Å². The van der Waals surface area contributed by atoms with Gasteiger partial charge >= 0.3 is 0 Å². The smallest absolute Gasteiger partial charge is 0.274 e. The van der Waals surface area contributed by atoms with Crippen LogP contribution < -0.4 is 20.5 Å². The third-order valence-electron chi connectivity index (χ3n) is 6.09. The summed E-state index contributed by atoms with van der Waals surface area (Å²) in [7, 11) is 2.82. The minimum atomic E-state index is -1.02. The summed E-state index contributed by atoms with van der Waals surface area (Å²) in [6.45, 7) is -0.334. The first-order valence-electron chi connectivity index (χ1n) is 10.7. The van der Waals surface area contributed by atoms with Crippen LogP contribution in [0.25, 0.3) is 0 Å². The number of methoxy groups -OCH3 is 1. The van der Waals surface area contributed by atoms with Crippen molar-refractivity contribution in [2.45, 2.75) is 5.92 Å². The first-order valence-corrected chi connectivity index (χ1v) is 11.1. The molecule has 3 aromatic rings. The number of aryl methyl sites for hydroxylation is 1. The monoisotopic (exact) mass is 501 g/mol. The minimum absolute atomic E-state index is 0.00514. The van der Waals surface area contributed by atoms with E-state index in [0.717, 1.165) is 12.1 Å². The number of rotatable bonds is 6. The largest absolute Gasteiger partial charge is 0.497 e. The highest BCUT2D eigenvalue weighted by Gasteiger charge is 2.45. The SMILES string of the molecule is COc1cc(F)c([C@@H]2CN(c3cccn(C)c3=O)C(=O)C2CNC(=O)c2ccc(Cl)cc2)c(F)c1. The quantitative estimate of drug-likeness (QED) is 0.560. The lowest BCUT2D eigenvalue weighted by molar-refractivity contribution is -0.120. The number of ether oxygens (including phenoxy) is 1. The lowest BCUT2D eigenvalue weighted by Gasteiger charge is -2.19. The van der Waals surface area contributed by atoms with E-state index < -0.39 is 40.8 Å². The van der Waals surface area contributed by atoms with Crippen LogP contribution in [0.2, 0.25) is 5.02 Å². The summed E-state index contributed by atoms with van der Waals surface area (Å²) < 4.78 is 36.3. The number of anilines is 1. The summed E-state index contributed by atoms with van der Waals surface area (Å²) in [5, 5.41) is 3.12. The number of carbonyl (C=O) groups excluding carboxylic acids is 2. The molecule has 10 heteroatoms.